The third kappa shape index (κ3) is 5.92. The fourth-order valence-corrected chi connectivity index (χ4v) is 1.70. The lowest BCUT2D eigenvalue weighted by molar-refractivity contribution is 0.251. The summed E-state index contributed by atoms with van der Waals surface area (Å²) in [5.74, 6) is 1.91. The van der Waals surface area contributed by atoms with E-state index >= 15 is 0 Å². The van der Waals surface area contributed by atoms with Gasteiger partial charge in [0.1, 0.15) is 13.3 Å². The van der Waals surface area contributed by atoms with E-state index < -0.39 is 6.67 Å². The molecule has 0 aromatic heterocycles. The van der Waals surface area contributed by atoms with Gasteiger partial charge in [-0.25, -0.2) is 4.39 Å². The van der Waals surface area contributed by atoms with Crippen molar-refractivity contribution in [2.24, 2.45) is 5.92 Å². The van der Waals surface area contributed by atoms with Crippen molar-refractivity contribution in [2.75, 3.05) is 26.4 Å². The van der Waals surface area contributed by atoms with Crippen LogP contribution in [0.3, 0.4) is 0 Å². The van der Waals surface area contributed by atoms with Gasteiger partial charge in [0.05, 0.1) is 6.61 Å². The third-order valence-electron chi connectivity index (χ3n) is 2.52. The van der Waals surface area contributed by atoms with Gasteiger partial charge in [-0.3, -0.25) is 0 Å². The fourth-order valence-electron chi connectivity index (χ4n) is 1.70. The first kappa shape index (κ1) is 15.8. The Balaban J connectivity index is 2.65. The molecule has 0 heterocycles. The highest BCUT2D eigenvalue weighted by molar-refractivity contribution is 5.43. The molecule has 0 saturated heterocycles. The van der Waals surface area contributed by atoms with Gasteiger partial charge in [-0.2, -0.15) is 0 Å². The third-order valence-corrected chi connectivity index (χ3v) is 2.52. The van der Waals surface area contributed by atoms with Crippen LogP contribution in [-0.4, -0.2) is 26.4 Å². The Labute approximate surface area is 115 Å². The van der Waals surface area contributed by atoms with E-state index in [1.54, 1.807) is 0 Å². The molecule has 0 aliphatic rings. The fraction of sp³-hybridized carbons (Fsp3) is 0.600. The van der Waals surface area contributed by atoms with Crippen LogP contribution in [0.15, 0.2) is 18.2 Å². The predicted octanol–water partition coefficient (Wildman–Crippen LogP) is 3.18. The number of alkyl halides is 1. The summed E-state index contributed by atoms with van der Waals surface area (Å²) >= 11 is 0. The van der Waals surface area contributed by atoms with Crippen LogP contribution >= 0.6 is 0 Å². The quantitative estimate of drug-likeness (QED) is 0.747. The van der Waals surface area contributed by atoms with Crippen molar-refractivity contribution in [3.8, 4) is 11.5 Å². The van der Waals surface area contributed by atoms with Crippen LogP contribution in [0, 0.1) is 5.92 Å². The molecule has 0 bridgehead atoms. The Morgan fingerprint density at radius 2 is 2.00 bits per heavy atom. The second-order valence-electron chi connectivity index (χ2n) is 4.78. The lowest BCUT2D eigenvalue weighted by Gasteiger charge is -2.13. The molecule has 108 valence electrons. The van der Waals surface area contributed by atoms with Crippen LogP contribution in [0.2, 0.25) is 0 Å². The zero-order chi connectivity index (χ0) is 14.1. The van der Waals surface area contributed by atoms with Crippen molar-refractivity contribution < 1.29 is 13.9 Å². The summed E-state index contributed by atoms with van der Waals surface area (Å²) in [5, 5.41) is 3.38. The highest BCUT2D eigenvalue weighted by Crippen LogP contribution is 2.28. The predicted molar refractivity (Wildman–Crippen MR) is 75.6 cm³/mol. The van der Waals surface area contributed by atoms with Crippen molar-refractivity contribution in [3.05, 3.63) is 23.8 Å². The van der Waals surface area contributed by atoms with E-state index in [1.165, 1.54) is 0 Å². The Morgan fingerprint density at radius 3 is 2.63 bits per heavy atom. The van der Waals surface area contributed by atoms with Crippen LogP contribution < -0.4 is 14.8 Å². The molecule has 0 unspecified atom stereocenters. The molecule has 0 spiro atoms. The molecule has 0 aliphatic carbocycles. The SMILES string of the molecule is CCOc1cc(CNCC(C)C)ccc1OCCF. The van der Waals surface area contributed by atoms with Gasteiger partial charge in [-0.1, -0.05) is 19.9 Å². The van der Waals surface area contributed by atoms with E-state index in [9.17, 15) is 4.39 Å². The summed E-state index contributed by atoms with van der Waals surface area (Å²) in [6, 6.07) is 5.76. The van der Waals surface area contributed by atoms with E-state index in [0.717, 1.165) is 18.7 Å². The van der Waals surface area contributed by atoms with Crippen LogP contribution in [-0.2, 0) is 6.54 Å². The summed E-state index contributed by atoms with van der Waals surface area (Å²) in [5.41, 5.74) is 1.14. The van der Waals surface area contributed by atoms with Gasteiger partial charge in [-0.15, -0.1) is 0 Å². The Hall–Kier alpha value is -1.29. The Morgan fingerprint density at radius 1 is 1.21 bits per heavy atom. The van der Waals surface area contributed by atoms with E-state index in [0.29, 0.717) is 24.0 Å². The van der Waals surface area contributed by atoms with Gasteiger partial charge in [-0.05, 0) is 37.1 Å². The minimum absolute atomic E-state index is 0.0605. The molecule has 19 heavy (non-hydrogen) atoms. The lowest BCUT2D eigenvalue weighted by atomic mass is 10.2. The summed E-state index contributed by atoms with van der Waals surface area (Å²) in [7, 11) is 0. The van der Waals surface area contributed by atoms with Gasteiger partial charge < -0.3 is 14.8 Å². The zero-order valence-electron chi connectivity index (χ0n) is 12.0. The number of ether oxygens (including phenoxy) is 2. The minimum Gasteiger partial charge on any atom is -0.490 e. The summed E-state index contributed by atoms with van der Waals surface area (Å²) in [6.07, 6.45) is 0. The maximum Gasteiger partial charge on any atom is 0.161 e. The molecule has 0 atom stereocenters. The molecular formula is C15H24FNO2. The van der Waals surface area contributed by atoms with Crippen LogP contribution in [0.25, 0.3) is 0 Å². The van der Waals surface area contributed by atoms with Crippen LogP contribution in [0.4, 0.5) is 4.39 Å². The van der Waals surface area contributed by atoms with Crippen LogP contribution in [0.5, 0.6) is 11.5 Å². The van der Waals surface area contributed by atoms with Gasteiger partial charge in [0.25, 0.3) is 0 Å². The standard InChI is InChI=1S/C15H24FNO2/c1-4-18-15-9-13(11-17-10-12(2)3)5-6-14(15)19-8-7-16/h5-6,9,12,17H,4,7-8,10-11H2,1-3H3. The van der Waals surface area contributed by atoms with Gasteiger partial charge >= 0.3 is 0 Å². The zero-order valence-corrected chi connectivity index (χ0v) is 12.0. The minimum atomic E-state index is -0.497. The highest BCUT2D eigenvalue weighted by Gasteiger charge is 2.06. The lowest BCUT2D eigenvalue weighted by Crippen LogP contribution is -2.19. The van der Waals surface area contributed by atoms with Crippen LogP contribution in [0.1, 0.15) is 26.3 Å². The van der Waals surface area contributed by atoms with E-state index in [-0.39, 0.29) is 6.61 Å². The monoisotopic (exact) mass is 269 g/mol. The summed E-state index contributed by atoms with van der Waals surface area (Å²) in [4.78, 5) is 0. The molecule has 1 N–H and O–H groups in total. The molecule has 1 rings (SSSR count). The number of benzene rings is 1. The van der Waals surface area contributed by atoms with Crippen molar-refractivity contribution in [1.29, 1.82) is 0 Å². The maximum absolute atomic E-state index is 12.1. The van der Waals surface area contributed by atoms with Gasteiger partial charge in [0.15, 0.2) is 11.5 Å². The van der Waals surface area contributed by atoms with Gasteiger partial charge in [0, 0.05) is 6.54 Å². The molecular weight excluding hydrogens is 245 g/mol. The molecule has 4 heteroatoms. The molecule has 0 radical (unpaired) electrons. The average Bonchev–Trinajstić information content (AvgIpc) is 2.38. The van der Waals surface area contributed by atoms with E-state index in [2.05, 4.69) is 19.2 Å². The second-order valence-corrected chi connectivity index (χ2v) is 4.78. The van der Waals surface area contributed by atoms with Crippen molar-refractivity contribution in [1.82, 2.24) is 5.32 Å². The summed E-state index contributed by atoms with van der Waals surface area (Å²) < 4.78 is 23.0. The van der Waals surface area contributed by atoms with E-state index in [4.69, 9.17) is 9.47 Å². The van der Waals surface area contributed by atoms with Crippen molar-refractivity contribution >= 4 is 0 Å². The first-order chi connectivity index (χ1) is 9.17. The average molecular weight is 269 g/mol. The smallest absolute Gasteiger partial charge is 0.161 e. The number of nitrogens with one attached hydrogen (secondary N) is 1. The maximum atomic E-state index is 12.1. The number of hydrogen-bond donors (Lipinski definition) is 1. The first-order valence-electron chi connectivity index (χ1n) is 6.82. The normalized spacial score (nSPS) is 10.8. The first-order valence-corrected chi connectivity index (χ1v) is 6.82. The molecule has 0 aliphatic heterocycles. The Kier molecular flexibility index (Phi) is 7.26. The number of rotatable bonds is 9. The molecule has 3 nitrogen and oxygen atoms in total. The summed E-state index contributed by atoms with van der Waals surface area (Å²) in [6.45, 7) is 8.16. The molecule has 0 fully saturated rings. The number of halogens is 1. The highest BCUT2D eigenvalue weighted by atomic mass is 19.1. The van der Waals surface area contributed by atoms with E-state index in [1.807, 2.05) is 25.1 Å². The van der Waals surface area contributed by atoms with Crippen molar-refractivity contribution in [2.45, 2.75) is 27.3 Å². The Bertz CT molecular complexity index is 369. The molecule has 1 aromatic rings. The van der Waals surface area contributed by atoms with Crippen molar-refractivity contribution in [3.63, 3.8) is 0 Å². The molecule has 0 saturated carbocycles. The topological polar surface area (TPSA) is 30.5 Å². The second kappa shape index (κ2) is 8.75. The largest absolute Gasteiger partial charge is 0.490 e. The molecule has 0 amide bonds. The van der Waals surface area contributed by atoms with Gasteiger partial charge in [0.2, 0.25) is 0 Å². The molecule has 1 aromatic carbocycles. The number of hydrogen-bond acceptors (Lipinski definition) is 3.